The molecule has 0 atom stereocenters. The molecule has 1 aliphatic carbocycles. The summed E-state index contributed by atoms with van der Waals surface area (Å²) >= 11 is 6.74. The van der Waals surface area contributed by atoms with Gasteiger partial charge in [0.25, 0.3) is 0 Å². The molecule has 2 aromatic rings. The van der Waals surface area contributed by atoms with Crippen LogP contribution in [0.1, 0.15) is 62.3 Å². The van der Waals surface area contributed by atoms with Crippen LogP contribution in [-0.4, -0.2) is 41.0 Å². The van der Waals surface area contributed by atoms with Crippen LogP contribution in [0.15, 0.2) is 37.1 Å². The number of piperazine rings is 1. The Kier molecular flexibility index (Phi) is 6.67. The van der Waals surface area contributed by atoms with E-state index in [0.717, 1.165) is 72.6 Å². The molecule has 1 aliphatic heterocycles. The Morgan fingerprint density at radius 2 is 1.77 bits per heavy atom. The molecule has 4 rings (SSSR count). The quantitative estimate of drug-likeness (QED) is 0.477. The second-order valence-electron chi connectivity index (χ2n) is 8.73. The van der Waals surface area contributed by atoms with E-state index < -0.39 is 0 Å². The Labute approximate surface area is 186 Å². The number of benzene rings is 1. The predicted molar refractivity (Wildman–Crippen MR) is 129 cm³/mol. The fraction of sp³-hybridized carbons (Fsp3) is 0.500. The van der Waals surface area contributed by atoms with Gasteiger partial charge in [0.2, 0.25) is 0 Å². The van der Waals surface area contributed by atoms with Crippen molar-refractivity contribution in [3.8, 4) is 0 Å². The largest absolute Gasteiger partial charge is 0.372 e. The van der Waals surface area contributed by atoms with E-state index in [9.17, 15) is 0 Å². The van der Waals surface area contributed by atoms with Gasteiger partial charge >= 0.3 is 0 Å². The average Bonchev–Trinajstić information content (AvgIpc) is 2.78. The molecule has 160 valence electrons. The van der Waals surface area contributed by atoms with Crippen LogP contribution >= 0.6 is 11.6 Å². The first kappa shape index (κ1) is 21.2. The van der Waals surface area contributed by atoms with Gasteiger partial charge in [0, 0.05) is 48.7 Å². The van der Waals surface area contributed by atoms with Crippen LogP contribution in [0, 0.1) is 0 Å². The Hall–Kier alpha value is -2.00. The Balaban J connectivity index is 1.44. The van der Waals surface area contributed by atoms with Gasteiger partial charge in [0.05, 0.1) is 10.5 Å². The molecule has 4 heteroatoms. The van der Waals surface area contributed by atoms with Gasteiger partial charge in [0.1, 0.15) is 0 Å². The van der Waals surface area contributed by atoms with Crippen molar-refractivity contribution in [2.24, 2.45) is 0 Å². The topological polar surface area (TPSA) is 19.4 Å². The number of hydrogen-bond acceptors (Lipinski definition) is 3. The maximum atomic E-state index is 6.74. The summed E-state index contributed by atoms with van der Waals surface area (Å²) in [5, 5.41) is 1.98. The van der Waals surface area contributed by atoms with Gasteiger partial charge in [-0.25, -0.2) is 0 Å². The Bertz CT molecular complexity index is 941. The molecule has 2 heterocycles. The van der Waals surface area contributed by atoms with E-state index in [0.29, 0.717) is 0 Å². The second-order valence-corrected chi connectivity index (χ2v) is 9.11. The van der Waals surface area contributed by atoms with E-state index in [1.165, 1.54) is 49.1 Å². The summed E-state index contributed by atoms with van der Waals surface area (Å²) in [6.45, 7) is 15.0. The van der Waals surface area contributed by atoms with Gasteiger partial charge in [-0.1, -0.05) is 56.7 Å². The van der Waals surface area contributed by atoms with Crippen LogP contribution in [0.5, 0.6) is 0 Å². The van der Waals surface area contributed by atoms with Gasteiger partial charge in [-0.3, -0.25) is 4.98 Å². The van der Waals surface area contributed by atoms with Crippen molar-refractivity contribution in [3.05, 3.63) is 58.9 Å². The van der Waals surface area contributed by atoms with E-state index in [1.807, 2.05) is 0 Å². The number of allylic oxidation sites excluding steroid dienone is 1. The number of unbranched alkanes of at least 4 members (excludes halogenated alkanes) is 2. The zero-order chi connectivity index (χ0) is 21.1. The first-order chi connectivity index (χ1) is 14.6. The molecule has 0 spiro atoms. The molecule has 1 saturated heterocycles. The Morgan fingerprint density at radius 1 is 1.03 bits per heavy atom. The number of aryl methyl sites for hydroxylation is 1. The molecule has 1 aromatic carbocycles. The highest BCUT2D eigenvalue weighted by molar-refractivity contribution is 6.36. The van der Waals surface area contributed by atoms with Crippen molar-refractivity contribution in [2.45, 2.75) is 58.3 Å². The summed E-state index contributed by atoms with van der Waals surface area (Å²) in [5.74, 6) is 0. The van der Waals surface area contributed by atoms with Crippen molar-refractivity contribution in [3.63, 3.8) is 0 Å². The summed E-state index contributed by atoms with van der Waals surface area (Å²) < 4.78 is 0. The van der Waals surface area contributed by atoms with E-state index >= 15 is 0 Å². The van der Waals surface area contributed by atoms with Crippen LogP contribution < -0.4 is 0 Å². The molecular formula is C26H34ClN3. The van der Waals surface area contributed by atoms with Crippen LogP contribution in [0.4, 0.5) is 0 Å². The monoisotopic (exact) mass is 423 g/mol. The minimum absolute atomic E-state index is 0.905. The molecule has 0 saturated carbocycles. The minimum Gasteiger partial charge on any atom is -0.372 e. The summed E-state index contributed by atoms with van der Waals surface area (Å²) in [6.07, 6.45) is 9.44. The summed E-state index contributed by atoms with van der Waals surface area (Å²) in [5.41, 5.74) is 6.99. The summed E-state index contributed by atoms with van der Waals surface area (Å²) in [4.78, 5) is 9.82. The van der Waals surface area contributed by atoms with Crippen molar-refractivity contribution in [2.75, 3.05) is 26.2 Å². The number of hydrogen-bond donors (Lipinski definition) is 0. The number of halogens is 1. The highest BCUT2D eigenvalue weighted by Crippen LogP contribution is 2.34. The lowest BCUT2D eigenvalue weighted by atomic mass is 9.94. The normalized spacial score (nSPS) is 16.6. The van der Waals surface area contributed by atoms with Crippen molar-refractivity contribution in [1.29, 1.82) is 0 Å². The molecule has 1 fully saturated rings. The number of rotatable bonds is 7. The average molecular weight is 424 g/mol. The van der Waals surface area contributed by atoms with Crippen molar-refractivity contribution >= 4 is 28.2 Å². The van der Waals surface area contributed by atoms with Gasteiger partial charge in [-0.15, -0.1) is 0 Å². The molecule has 0 amide bonds. The first-order valence-electron chi connectivity index (χ1n) is 11.6. The van der Waals surface area contributed by atoms with Gasteiger partial charge in [-0.05, 0) is 55.7 Å². The van der Waals surface area contributed by atoms with Gasteiger partial charge in [0.15, 0.2) is 0 Å². The lowest BCUT2D eigenvalue weighted by molar-refractivity contribution is 0.209. The summed E-state index contributed by atoms with van der Waals surface area (Å²) in [6, 6.07) is 6.46. The number of aromatic nitrogens is 1. The smallest absolute Gasteiger partial charge is 0.0727 e. The highest BCUT2D eigenvalue weighted by atomic mass is 35.5. The van der Waals surface area contributed by atoms with Crippen LogP contribution in [0.2, 0.25) is 5.02 Å². The lowest BCUT2D eigenvalue weighted by Gasteiger charge is -2.39. The van der Waals surface area contributed by atoms with Crippen LogP contribution in [0.3, 0.4) is 0 Å². The molecule has 0 N–H and O–H groups in total. The van der Waals surface area contributed by atoms with Crippen LogP contribution in [0.25, 0.3) is 16.6 Å². The van der Waals surface area contributed by atoms with E-state index in [2.05, 4.69) is 48.1 Å². The third kappa shape index (κ3) is 4.37. The molecule has 0 unspecified atom stereocenters. The molecule has 1 aromatic heterocycles. The SMILES string of the molecule is C=C(CCCCC)N1CCN(C(=C)c2ccc3c(Cl)c4c(nc3c2)CCCC4)CC1. The Morgan fingerprint density at radius 3 is 2.53 bits per heavy atom. The zero-order valence-corrected chi connectivity index (χ0v) is 19.1. The van der Waals surface area contributed by atoms with E-state index in [4.69, 9.17) is 16.6 Å². The predicted octanol–water partition coefficient (Wildman–Crippen LogP) is 6.45. The van der Waals surface area contributed by atoms with Crippen molar-refractivity contribution in [1.82, 2.24) is 14.8 Å². The maximum Gasteiger partial charge on any atom is 0.0727 e. The fourth-order valence-corrected chi connectivity index (χ4v) is 5.12. The number of pyridine rings is 1. The molecule has 3 nitrogen and oxygen atoms in total. The van der Waals surface area contributed by atoms with E-state index in [1.54, 1.807) is 0 Å². The molecule has 2 aliphatic rings. The van der Waals surface area contributed by atoms with Gasteiger partial charge in [-0.2, -0.15) is 0 Å². The maximum absolute atomic E-state index is 6.74. The molecule has 30 heavy (non-hydrogen) atoms. The first-order valence-corrected chi connectivity index (χ1v) is 11.9. The third-order valence-corrected chi connectivity index (χ3v) is 7.14. The number of nitrogens with zero attached hydrogens (tertiary/aromatic N) is 3. The third-order valence-electron chi connectivity index (χ3n) is 6.70. The zero-order valence-electron chi connectivity index (χ0n) is 18.4. The van der Waals surface area contributed by atoms with Gasteiger partial charge < -0.3 is 9.80 Å². The number of fused-ring (bicyclic) bond motifs is 2. The fourth-order valence-electron chi connectivity index (χ4n) is 4.76. The van der Waals surface area contributed by atoms with Crippen LogP contribution in [-0.2, 0) is 12.8 Å². The van der Waals surface area contributed by atoms with Crippen molar-refractivity contribution < 1.29 is 0 Å². The highest BCUT2D eigenvalue weighted by Gasteiger charge is 2.21. The minimum atomic E-state index is 0.905. The second kappa shape index (κ2) is 9.43. The van der Waals surface area contributed by atoms with E-state index in [-0.39, 0.29) is 0 Å². The molecular weight excluding hydrogens is 390 g/mol. The lowest BCUT2D eigenvalue weighted by Crippen LogP contribution is -2.44. The molecule has 0 bridgehead atoms. The summed E-state index contributed by atoms with van der Waals surface area (Å²) in [7, 11) is 0. The standard InChI is InChI=1S/C26H34ClN3/c1-4-5-6-9-19(2)29-14-16-30(17-15-29)20(3)21-12-13-23-25(18-21)28-24-11-8-7-10-22(24)26(23)27/h12-13,18H,2-11,14-17H2,1H3. The molecule has 0 radical (unpaired) electrons.